The van der Waals surface area contributed by atoms with Crippen LogP contribution in [0.2, 0.25) is 0 Å². The number of nitrogens with one attached hydrogen (secondary N) is 1. The van der Waals surface area contributed by atoms with E-state index < -0.39 is 120 Å². The Bertz CT molecular complexity index is 2880. The minimum Gasteiger partial charge on any atom is -0.480 e. The number of hydrogen-bond donors (Lipinski definition) is 21. The van der Waals surface area contributed by atoms with Gasteiger partial charge in [0.2, 0.25) is 0 Å². The van der Waals surface area contributed by atoms with Crippen LogP contribution in [0.1, 0.15) is 173 Å². The van der Waals surface area contributed by atoms with E-state index in [0.717, 1.165) is 98.2 Å². The molecule has 40 heteroatoms. The maximum absolute atomic E-state index is 11.0. The van der Waals surface area contributed by atoms with E-state index in [4.69, 9.17) is 123 Å². The Morgan fingerprint density at radius 2 is 0.653 bits per heavy atom. The van der Waals surface area contributed by atoms with Crippen LogP contribution >= 0.6 is 35.3 Å². The second kappa shape index (κ2) is 89.6. The molecule has 0 fully saturated rings. The smallest absolute Gasteiger partial charge is 0.322 e. The molecule has 0 saturated heterocycles. The molecule has 0 aliphatic heterocycles. The highest BCUT2D eigenvalue weighted by molar-refractivity contribution is 7.99. The topological polar surface area (TPSA) is 724 Å². The van der Waals surface area contributed by atoms with Gasteiger partial charge in [0.05, 0.1) is 32.8 Å². The molecule has 0 aromatic heterocycles. The number of ether oxygens (including phenoxy) is 3. The number of aliphatic carboxylic acids is 10. The summed E-state index contributed by atoms with van der Waals surface area (Å²) in [4.78, 5) is 135. The molecule has 0 spiro atoms. The van der Waals surface area contributed by atoms with Gasteiger partial charge in [-0.05, 0) is 158 Å². The number of rotatable bonds is 58. The van der Waals surface area contributed by atoms with Crippen LogP contribution in [0.4, 0.5) is 0 Å². The molecular formula is C81H151N11O26S3. The lowest BCUT2D eigenvalue weighted by Gasteiger charge is -2.06. The van der Waals surface area contributed by atoms with Gasteiger partial charge >= 0.3 is 59.7 Å². The summed E-state index contributed by atoms with van der Waals surface area (Å²) in [5.74, 6) is -5.81. The van der Waals surface area contributed by atoms with E-state index in [-0.39, 0.29) is 63.5 Å². The van der Waals surface area contributed by atoms with Crippen molar-refractivity contribution in [1.29, 1.82) is 0 Å². The van der Waals surface area contributed by atoms with Crippen LogP contribution in [0.3, 0.4) is 0 Å². The van der Waals surface area contributed by atoms with E-state index in [1.807, 2.05) is 48.5 Å². The Hall–Kier alpha value is -8.14. The first kappa shape index (κ1) is 136. The predicted octanol–water partition coefficient (Wildman–Crippen LogP) is 6.22. The lowest BCUT2D eigenvalue weighted by molar-refractivity contribution is -0.140. The van der Waals surface area contributed by atoms with Crippen molar-refractivity contribution >= 4 is 112 Å². The Balaban J connectivity index is -0.000000123. The van der Waals surface area contributed by atoms with Crippen molar-refractivity contribution in [2.24, 2.45) is 57.3 Å². The van der Waals surface area contributed by atoms with Gasteiger partial charge in [-0.1, -0.05) is 110 Å². The molecule has 0 bridgehead atoms. The first-order valence-corrected chi connectivity index (χ1v) is 41.0. The molecule has 0 aliphatic rings. The summed E-state index contributed by atoms with van der Waals surface area (Å²) in [6, 6.07) is -8.28. The Kier molecular flexibility index (Phi) is 101. The van der Waals surface area contributed by atoms with Crippen LogP contribution < -0.4 is 62.7 Å². The summed E-state index contributed by atoms with van der Waals surface area (Å²) in [5.41, 5.74) is 61.2. The van der Waals surface area contributed by atoms with E-state index in [1.165, 1.54) is 18.7 Å². The summed E-state index contributed by atoms with van der Waals surface area (Å²) < 4.78 is 15.2. The lowest BCUT2D eigenvalue weighted by Crippen LogP contribution is -2.35. The monoisotopic (exact) mass is 1790 g/mol. The highest BCUT2D eigenvalue weighted by Gasteiger charge is 2.19. The van der Waals surface area contributed by atoms with E-state index in [1.54, 1.807) is 37.4 Å². The summed E-state index contributed by atoms with van der Waals surface area (Å²) >= 11 is 4.92. The molecular weight excluding hydrogens is 1640 g/mol. The molecule has 10 atom stereocenters. The van der Waals surface area contributed by atoms with Crippen LogP contribution in [0, 0.1) is 0 Å². The van der Waals surface area contributed by atoms with Crippen molar-refractivity contribution in [3.8, 4) is 0 Å². The minimum absolute atomic E-state index is 0. The summed E-state index contributed by atoms with van der Waals surface area (Å²) in [6.45, 7) is 54.9. The fraction of sp³-hybridized carbons (Fsp3) is 0.617. The molecule has 0 heterocycles. The van der Waals surface area contributed by atoms with Crippen molar-refractivity contribution in [1.82, 2.24) is 5.32 Å². The van der Waals surface area contributed by atoms with Gasteiger partial charge < -0.3 is 128 Å². The molecule has 10 unspecified atom stereocenters. The van der Waals surface area contributed by atoms with Crippen LogP contribution in [0.5, 0.6) is 0 Å². The number of carbonyl (C=O) groups excluding carboxylic acids is 3. The zero-order chi connectivity index (χ0) is 95.9. The fourth-order valence-corrected chi connectivity index (χ4v) is 9.19. The Morgan fingerprint density at radius 1 is 0.314 bits per heavy atom. The number of carboxylic acid groups (broad SMARTS) is 10. The highest BCUT2D eigenvalue weighted by Crippen LogP contribution is 2.12. The van der Waals surface area contributed by atoms with Gasteiger partial charge in [-0.3, -0.25) is 62.3 Å². The molecule has 0 aromatic rings. The van der Waals surface area contributed by atoms with E-state index in [9.17, 15) is 62.3 Å². The normalized spacial score (nSPS) is 12.3. The average molecular weight is 1790 g/mol. The third-order valence-electron chi connectivity index (χ3n) is 12.9. The molecule has 0 radical (unpaired) electrons. The molecule has 0 saturated carbocycles. The number of nitrogens with two attached hydrogens (primary N) is 10. The van der Waals surface area contributed by atoms with Gasteiger partial charge in [-0.25, -0.2) is 0 Å². The first-order valence-electron chi connectivity index (χ1n) is 37.5. The van der Waals surface area contributed by atoms with Crippen LogP contribution in [-0.2, 0) is 76.5 Å². The number of hydrogen-bond acceptors (Lipinski definition) is 30. The molecule has 0 aromatic carbocycles. The van der Waals surface area contributed by atoms with Crippen molar-refractivity contribution in [2.45, 2.75) is 233 Å². The SMILES string of the molecule is C.C=C(C)CC(=O)CC(N)C(=O)O.C=C(C)CCCC(N)C(=O)O.C=C(C)CNCCC(N)C(=O)O.C=C(C)COCC(N)C(=O)O.C=C(C)COCCC(N)C(=O)O.C=C(C)COCCCC(N)C(=O)O.C=C(C)CSCC(N)C(=O)O.C=C(C)CSCCC(N)C(=O)O.C=C(C)CSCCCC(N)C(=O)O.CC(=O)CC(=O)CCC(N)C(=O)O. The molecule has 37 nitrogen and oxygen atoms in total. The van der Waals surface area contributed by atoms with E-state index >= 15 is 0 Å². The van der Waals surface area contributed by atoms with Gasteiger partial charge in [-0.15, -0.1) is 6.58 Å². The second-order valence-corrected chi connectivity index (χ2v) is 31.1. The summed E-state index contributed by atoms with van der Waals surface area (Å²) in [5, 5.41) is 87.1. The first-order chi connectivity index (χ1) is 55.2. The van der Waals surface area contributed by atoms with Gasteiger partial charge in [0, 0.05) is 62.0 Å². The second-order valence-electron chi connectivity index (χ2n) is 27.9. The number of allylic oxidation sites excluding steroid dienone is 2. The third-order valence-corrected chi connectivity index (χ3v) is 16.7. The Labute approximate surface area is 728 Å². The van der Waals surface area contributed by atoms with Crippen molar-refractivity contribution in [2.75, 3.05) is 87.2 Å². The molecule has 31 N–H and O–H groups in total. The lowest BCUT2D eigenvalue weighted by atomic mass is 10.1. The maximum atomic E-state index is 11.0. The molecule has 0 rings (SSSR count). The van der Waals surface area contributed by atoms with Crippen LogP contribution in [0.15, 0.2) is 109 Å². The largest absolute Gasteiger partial charge is 0.480 e. The molecule has 0 amide bonds. The number of Topliss-reactive ketones (excluding diaryl/α,β-unsaturated/α-hetero) is 3. The van der Waals surface area contributed by atoms with E-state index in [2.05, 4.69) is 64.5 Å². The summed E-state index contributed by atoms with van der Waals surface area (Å²) in [6.07, 6.45) is 6.12. The highest BCUT2D eigenvalue weighted by atomic mass is 32.2. The van der Waals surface area contributed by atoms with Crippen molar-refractivity contribution < 1.29 is 128 Å². The number of ketones is 3. The number of carboxylic acids is 10. The molecule has 704 valence electrons. The number of thioether (sulfide) groups is 3. The zero-order valence-corrected chi connectivity index (χ0v) is 74.6. The zero-order valence-electron chi connectivity index (χ0n) is 72.1. The van der Waals surface area contributed by atoms with Gasteiger partial charge in [0.1, 0.15) is 77.8 Å². The average Bonchev–Trinajstić information content (AvgIpc) is 0.966. The van der Waals surface area contributed by atoms with Gasteiger partial charge in [0.15, 0.2) is 0 Å². The minimum atomic E-state index is -1.15. The van der Waals surface area contributed by atoms with Gasteiger partial charge in [-0.2, -0.15) is 35.3 Å². The Morgan fingerprint density at radius 3 is 1.02 bits per heavy atom. The molecule has 0 aliphatic carbocycles. The predicted molar refractivity (Wildman–Crippen MR) is 483 cm³/mol. The third kappa shape index (κ3) is 125. The van der Waals surface area contributed by atoms with Crippen molar-refractivity contribution in [3.63, 3.8) is 0 Å². The van der Waals surface area contributed by atoms with Crippen LogP contribution in [-0.4, -0.2) is 276 Å². The van der Waals surface area contributed by atoms with Crippen LogP contribution in [0.25, 0.3) is 0 Å². The number of carbonyl (C=O) groups is 13. The summed E-state index contributed by atoms with van der Waals surface area (Å²) in [7, 11) is 0. The fourth-order valence-electron chi connectivity index (χ4n) is 6.55. The standard InChI is InChI=1S/C9H17NO3.C9H17NO2S.C8H16N2O2.C8H13NO4.C8H13NO3.C8H15NO3.C8H15NO2S.C8H15NO2.C7H13NO3.C7H13NO2S.CH4/c2*1-7(2)6-13-5-3-4-8(10)9(11)12;1-6(2)5-10-4-3-7(9)8(11)12;1-5(10)4-6(11)2-3-7(9)8(12)13;1-5(2)3-6(10)4-7(9)8(11)12;2*1-6(2)5-12-4-3-7(9)8(10)11;1-6(2)4-3-5-7(9)8(10)11;2*1-5(2)3-11-4-6(8)7(9)10;/h2*8H,1,3-6,10H2,2H3,(H,11,12);7,10H,1,3-5,9H2,2H3,(H,11,12);7H,2-4,9H2,1H3,(H,12,13);7H,1,3-4,9H2,2H3,(H,11,12);2*7H,1,3-5,9H2,2H3,(H,10,11);7H,1,3-5,9H2,2H3,(H,10,11);2*6H,1,3-4,8H2,2H3,(H,9,10);1H4. The van der Waals surface area contributed by atoms with Crippen molar-refractivity contribution in [3.05, 3.63) is 109 Å². The quantitative estimate of drug-likeness (QED) is 0.0182. The van der Waals surface area contributed by atoms with E-state index in [0.29, 0.717) is 96.8 Å². The maximum Gasteiger partial charge on any atom is 0.322 e. The van der Waals surface area contributed by atoms with Gasteiger partial charge in [0.25, 0.3) is 0 Å². The molecule has 121 heavy (non-hydrogen) atoms.